The van der Waals surface area contributed by atoms with Crippen LogP contribution < -0.4 is 10.6 Å². The van der Waals surface area contributed by atoms with Crippen molar-refractivity contribution in [1.82, 2.24) is 10.6 Å². The minimum absolute atomic E-state index is 0.161. The first-order valence-corrected chi connectivity index (χ1v) is 26.3. The Morgan fingerprint density at radius 1 is 0.471 bits per heavy atom. The lowest BCUT2D eigenvalue weighted by Gasteiger charge is -2.52. The van der Waals surface area contributed by atoms with Crippen molar-refractivity contribution >= 4 is 19.9 Å². The maximum atomic E-state index is 13.1. The van der Waals surface area contributed by atoms with Crippen LogP contribution in [-0.4, -0.2) is 249 Å². The van der Waals surface area contributed by atoms with E-state index in [0.29, 0.717) is 6.04 Å². The third-order valence-corrected chi connectivity index (χ3v) is 19.9. The van der Waals surface area contributed by atoms with E-state index in [2.05, 4.69) is 31.4 Å². The molecule has 0 aromatic heterocycles. The average Bonchev–Trinajstić information content (AvgIpc) is 3.30. The van der Waals surface area contributed by atoms with Gasteiger partial charge in [-0.1, -0.05) is 38.9 Å². The zero-order chi connectivity index (χ0) is 50.5. The standard InChI is InChI=1S/C42H76N2O23Si/c1-9-68(10-2,11-3)13-12-58-38-24(44-20(8)48)36(66-42-33(57)37(27(51)18(6)61-42)67-41-32(56)30(54)26(50)17(5)60-41)34(22(15-46)63-38)64-39-23(43-19(7)47)35(28(52)21(14-45)62-39)65-40-31(55)29(53)25(49)16(4)59-40/h16-18,21-42,45-46,49-57H,9-15H2,1-8H3,(H,43,47)(H,44,48)/t16-,17-,18-,21+,22+,23+,24+,25+,26+,27+,28-,29+,30+,31-,32-,33-,34+,35+,36+,37+,38+,39-,40-,41-,42-/m0/s1. The normalized spacial score (nSPS) is 46.0. The molecule has 5 aliphatic rings. The molecule has 25 atom stereocenters. The van der Waals surface area contributed by atoms with Gasteiger partial charge in [0.1, 0.15) is 104 Å². The molecule has 5 saturated heterocycles. The second-order valence-electron chi connectivity index (χ2n) is 18.5. The molecule has 13 N–H and O–H groups in total. The van der Waals surface area contributed by atoms with Crippen LogP contribution in [0.15, 0.2) is 0 Å². The van der Waals surface area contributed by atoms with Gasteiger partial charge in [0, 0.05) is 20.5 Å². The van der Waals surface area contributed by atoms with Crippen molar-refractivity contribution in [3.05, 3.63) is 0 Å². The molecular weight excluding hydrogens is 929 g/mol. The van der Waals surface area contributed by atoms with Gasteiger partial charge in [0.05, 0.1) is 39.6 Å². The number of amides is 2. The second kappa shape index (κ2) is 24.8. The van der Waals surface area contributed by atoms with Crippen LogP contribution in [0.4, 0.5) is 0 Å². The van der Waals surface area contributed by atoms with E-state index in [-0.39, 0.29) is 6.61 Å². The molecule has 2 amide bonds. The van der Waals surface area contributed by atoms with E-state index in [1.807, 2.05) is 0 Å². The molecule has 25 nitrogen and oxygen atoms in total. The topological polar surface area (TPSA) is 373 Å². The maximum Gasteiger partial charge on any atom is 0.217 e. The Balaban J connectivity index is 1.55. The summed E-state index contributed by atoms with van der Waals surface area (Å²) < 4.78 is 61.0. The lowest BCUT2D eigenvalue weighted by atomic mass is 9.93. The molecular formula is C42H76N2O23Si. The molecule has 0 radical (unpaired) electrons. The first kappa shape index (κ1) is 57.2. The maximum absolute atomic E-state index is 13.1. The van der Waals surface area contributed by atoms with Crippen LogP contribution in [0.1, 0.15) is 55.4 Å². The van der Waals surface area contributed by atoms with E-state index in [0.717, 1.165) is 25.1 Å². The van der Waals surface area contributed by atoms with Crippen LogP contribution in [0, 0.1) is 0 Å². The summed E-state index contributed by atoms with van der Waals surface area (Å²) >= 11 is 0. The lowest BCUT2D eigenvalue weighted by molar-refractivity contribution is -0.383. The quantitative estimate of drug-likeness (QED) is 0.0539. The fraction of sp³-hybridized carbons (Fsp3) is 0.952. The van der Waals surface area contributed by atoms with Crippen LogP contribution in [0.25, 0.3) is 0 Å². The molecule has 0 saturated carbocycles. The number of ether oxygens (including phenoxy) is 10. The Hall–Kier alpha value is -1.68. The van der Waals surface area contributed by atoms with Gasteiger partial charge in [0.2, 0.25) is 11.8 Å². The molecule has 26 heteroatoms. The van der Waals surface area contributed by atoms with Crippen molar-refractivity contribution in [1.29, 1.82) is 0 Å². The van der Waals surface area contributed by atoms with Gasteiger partial charge in [0.25, 0.3) is 0 Å². The fourth-order valence-electron chi connectivity index (χ4n) is 9.45. The van der Waals surface area contributed by atoms with E-state index in [9.17, 15) is 65.8 Å². The summed E-state index contributed by atoms with van der Waals surface area (Å²) in [5, 5.41) is 125. The predicted molar refractivity (Wildman–Crippen MR) is 231 cm³/mol. The van der Waals surface area contributed by atoms with Crippen molar-refractivity contribution in [3.8, 4) is 0 Å². The molecule has 0 unspecified atom stereocenters. The van der Waals surface area contributed by atoms with E-state index in [1.54, 1.807) is 0 Å². The van der Waals surface area contributed by atoms with Gasteiger partial charge in [-0.25, -0.2) is 0 Å². The SMILES string of the molecule is CC[Si](CC)(CC)CCO[C@@H]1O[C@H](CO)[C@@H](O[C@@H]2O[C@H](CO)[C@H](O)[C@H](O[C@@H]3O[C@@H](C)[C@@H](O)[C@@H](O)[C@@H]3O)[C@H]2NC(C)=O)[C@H](O[C@@H]2O[C@@H](C)[C@@H](O)[C@@H](O[C@@H]3O[C@@H](C)[C@@H](O)[C@@H](O)[C@@H]3O)[C@@H]2O)[C@H]1NC(C)=O. The summed E-state index contributed by atoms with van der Waals surface area (Å²) in [7, 11) is -1.80. The number of carbonyl (C=O) groups excluding carboxylic acids is 2. The van der Waals surface area contributed by atoms with Gasteiger partial charge in [-0.05, 0) is 26.8 Å². The Morgan fingerprint density at radius 2 is 0.882 bits per heavy atom. The Bertz CT molecular complexity index is 1580. The molecule has 0 aromatic carbocycles. The summed E-state index contributed by atoms with van der Waals surface area (Å²) in [6.07, 6.45) is -36.7. The molecule has 5 rings (SSSR count). The lowest BCUT2D eigenvalue weighted by Crippen LogP contribution is -2.71. The van der Waals surface area contributed by atoms with Crippen molar-refractivity contribution < 1.29 is 113 Å². The molecule has 0 aliphatic carbocycles. The number of carbonyl (C=O) groups is 2. The number of aliphatic hydroxyl groups is 11. The zero-order valence-corrected chi connectivity index (χ0v) is 40.7. The summed E-state index contributed by atoms with van der Waals surface area (Å²) in [5.74, 6) is -1.34. The smallest absolute Gasteiger partial charge is 0.217 e. The summed E-state index contributed by atoms with van der Waals surface area (Å²) in [6, 6.07) is 0.671. The van der Waals surface area contributed by atoms with Crippen LogP contribution in [0.3, 0.4) is 0 Å². The highest BCUT2D eigenvalue weighted by Gasteiger charge is 2.57. The van der Waals surface area contributed by atoms with Gasteiger partial charge < -0.3 is 114 Å². The van der Waals surface area contributed by atoms with Crippen LogP contribution in [0.5, 0.6) is 0 Å². The van der Waals surface area contributed by atoms with E-state index < -0.39 is 187 Å². The van der Waals surface area contributed by atoms with Crippen LogP contribution >= 0.6 is 0 Å². The van der Waals surface area contributed by atoms with Crippen LogP contribution in [0.2, 0.25) is 24.2 Å². The Kier molecular flexibility index (Phi) is 20.9. The third-order valence-electron chi connectivity index (χ3n) is 14.1. The number of aliphatic hydroxyl groups excluding tert-OH is 11. The fourth-order valence-corrected chi connectivity index (χ4v) is 12.6. The highest BCUT2D eigenvalue weighted by molar-refractivity contribution is 6.79. The van der Waals surface area contributed by atoms with Gasteiger partial charge in [-0.3, -0.25) is 9.59 Å². The van der Waals surface area contributed by atoms with Crippen molar-refractivity contribution in [2.75, 3.05) is 19.8 Å². The molecule has 0 aromatic rings. The number of rotatable bonds is 19. The number of hydrogen-bond donors (Lipinski definition) is 13. The Labute approximate surface area is 395 Å². The second-order valence-corrected chi connectivity index (χ2v) is 24.2. The molecule has 0 bridgehead atoms. The number of nitrogens with one attached hydrogen (secondary N) is 2. The molecule has 5 heterocycles. The number of hydrogen-bond acceptors (Lipinski definition) is 23. The monoisotopic (exact) mass is 1000 g/mol. The van der Waals surface area contributed by atoms with Crippen molar-refractivity contribution in [2.45, 2.75) is 233 Å². The zero-order valence-electron chi connectivity index (χ0n) is 39.7. The van der Waals surface area contributed by atoms with E-state index in [4.69, 9.17) is 47.4 Å². The van der Waals surface area contributed by atoms with Gasteiger partial charge in [-0.15, -0.1) is 0 Å². The summed E-state index contributed by atoms with van der Waals surface area (Å²) in [6.45, 7) is 11.4. The van der Waals surface area contributed by atoms with Gasteiger partial charge in [-0.2, -0.15) is 0 Å². The van der Waals surface area contributed by atoms with Gasteiger partial charge in [0.15, 0.2) is 31.5 Å². The third kappa shape index (κ3) is 12.7. The first-order chi connectivity index (χ1) is 32.1. The minimum atomic E-state index is -1.95. The minimum Gasteiger partial charge on any atom is -0.394 e. The van der Waals surface area contributed by atoms with Crippen molar-refractivity contribution in [3.63, 3.8) is 0 Å². The Morgan fingerprint density at radius 3 is 1.35 bits per heavy atom. The highest BCUT2D eigenvalue weighted by atomic mass is 28.3. The van der Waals surface area contributed by atoms with E-state index in [1.165, 1.54) is 27.7 Å². The van der Waals surface area contributed by atoms with Crippen LogP contribution in [-0.2, 0) is 57.0 Å². The molecule has 5 fully saturated rings. The predicted octanol–water partition coefficient (Wildman–Crippen LogP) is -5.02. The first-order valence-electron chi connectivity index (χ1n) is 23.5. The highest BCUT2D eigenvalue weighted by Crippen LogP contribution is 2.37. The van der Waals surface area contributed by atoms with Crippen molar-refractivity contribution in [2.24, 2.45) is 0 Å². The summed E-state index contributed by atoms with van der Waals surface area (Å²) in [5.41, 5.74) is 0. The molecule has 68 heavy (non-hydrogen) atoms. The molecule has 0 spiro atoms. The summed E-state index contributed by atoms with van der Waals surface area (Å²) in [4.78, 5) is 25.9. The molecule has 5 aliphatic heterocycles. The average molecular weight is 1010 g/mol. The molecule has 396 valence electrons. The van der Waals surface area contributed by atoms with E-state index >= 15 is 0 Å². The van der Waals surface area contributed by atoms with Gasteiger partial charge >= 0.3 is 0 Å². The largest absolute Gasteiger partial charge is 0.394 e.